The van der Waals surface area contributed by atoms with Crippen LogP contribution in [-0.2, 0) is 0 Å². The number of rotatable bonds is 7. The number of unbranched alkanes of at least 4 members (excludes halogenated alkanes) is 1. The van der Waals surface area contributed by atoms with E-state index >= 15 is 0 Å². The Morgan fingerprint density at radius 3 is 2.33 bits per heavy atom. The van der Waals surface area contributed by atoms with E-state index in [0.717, 1.165) is 6.42 Å². The highest BCUT2D eigenvalue weighted by atomic mass is 35.5. The summed E-state index contributed by atoms with van der Waals surface area (Å²) in [6.07, 6.45) is 4.74. The molecule has 1 unspecified atom stereocenters. The third-order valence-corrected chi connectivity index (χ3v) is 4.01. The minimum Gasteiger partial charge on any atom is -0.492 e. The van der Waals surface area contributed by atoms with Crippen LogP contribution < -0.4 is 4.74 Å². The zero-order chi connectivity index (χ0) is 13.5. The molecule has 0 aliphatic rings. The Hall–Kier alpha value is -0.110. The highest BCUT2D eigenvalue weighted by Crippen LogP contribution is 2.34. The second kappa shape index (κ2) is 8.14. The molecule has 0 aromatic heterocycles. The van der Waals surface area contributed by atoms with Crippen LogP contribution in [0.25, 0.3) is 0 Å². The van der Waals surface area contributed by atoms with Crippen molar-refractivity contribution in [2.24, 2.45) is 5.92 Å². The highest BCUT2D eigenvalue weighted by molar-refractivity contribution is 6.43. The molecular weight excluding hydrogens is 291 g/mol. The molecule has 102 valence electrons. The Kier molecular flexibility index (Phi) is 7.21. The quantitative estimate of drug-likeness (QED) is 0.541. The van der Waals surface area contributed by atoms with Crippen molar-refractivity contribution in [3.63, 3.8) is 0 Å². The second-order valence-corrected chi connectivity index (χ2v) is 5.65. The van der Waals surface area contributed by atoms with Crippen molar-refractivity contribution in [1.82, 2.24) is 0 Å². The van der Waals surface area contributed by atoms with Gasteiger partial charge in [0, 0.05) is 6.07 Å². The molecule has 0 heterocycles. The largest absolute Gasteiger partial charge is 0.492 e. The molecule has 4 heteroatoms. The maximum absolute atomic E-state index is 6.06. The lowest BCUT2D eigenvalue weighted by molar-refractivity contribution is 0.233. The van der Waals surface area contributed by atoms with Crippen LogP contribution >= 0.6 is 34.8 Å². The minimum atomic E-state index is 0.451. The Bertz CT molecular complexity index is 380. The first-order chi connectivity index (χ1) is 8.58. The van der Waals surface area contributed by atoms with Crippen molar-refractivity contribution in [2.45, 2.75) is 39.5 Å². The van der Waals surface area contributed by atoms with Crippen LogP contribution in [0, 0.1) is 5.92 Å². The van der Waals surface area contributed by atoms with E-state index in [1.807, 2.05) is 0 Å². The summed E-state index contributed by atoms with van der Waals surface area (Å²) >= 11 is 17.9. The average Bonchev–Trinajstić information content (AvgIpc) is 2.35. The molecule has 0 saturated carbocycles. The van der Waals surface area contributed by atoms with E-state index in [0.29, 0.717) is 33.3 Å². The van der Waals surface area contributed by atoms with Crippen LogP contribution in [0.3, 0.4) is 0 Å². The van der Waals surface area contributed by atoms with Crippen LogP contribution in [0.2, 0.25) is 15.1 Å². The lowest BCUT2D eigenvalue weighted by atomic mass is 10.0. The van der Waals surface area contributed by atoms with Gasteiger partial charge in [-0.3, -0.25) is 0 Å². The van der Waals surface area contributed by atoms with Gasteiger partial charge in [-0.05, 0) is 18.4 Å². The molecule has 0 radical (unpaired) electrons. The van der Waals surface area contributed by atoms with Gasteiger partial charge in [-0.2, -0.15) is 0 Å². The minimum absolute atomic E-state index is 0.451. The second-order valence-electron chi connectivity index (χ2n) is 4.42. The molecule has 1 nitrogen and oxygen atoms in total. The van der Waals surface area contributed by atoms with Crippen LogP contribution in [0.15, 0.2) is 12.1 Å². The normalized spacial score (nSPS) is 12.5. The van der Waals surface area contributed by atoms with Gasteiger partial charge < -0.3 is 4.74 Å². The molecule has 0 aliphatic heterocycles. The molecule has 0 aliphatic carbocycles. The summed E-state index contributed by atoms with van der Waals surface area (Å²) in [4.78, 5) is 0. The van der Waals surface area contributed by atoms with Crippen LogP contribution in [0.4, 0.5) is 0 Å². The Morgan fingerprint density at radius 2 is 1.72 bits per heavy atom. The summed E-state index contributed by atoms with van der Waals surface area (Å²) < 4.78 is 5.75. The van der Waals surface area contributed by atoms with Crippen LogP contribution in [0.1, 0.15) is 39.5 Å². The van der Waals surface area contributed by atoms with Gasteiger partial charge in [-0.1, -0.05) is 67.9 Å². The fourth-order valence-corrected chi connectivity index (χ4v) is 2.31. The Balaban J connectivity index is 2.59. The van der Waals surface area contributed by atoms with Gasteiger partial charge >= 0.3 is 0 Å². The maximum Gasteiger partial charge on any atom is 0.139 e. The molecule has 0 amide bonds. The lowest BCUT2D eigenvalue weighted by Crippen LogP contribution is -2.11. The topological polar surface area (TPSA) is 9.23 Å². The summed E-state index contributed by atoms with van der Waals surface area (Å²) in [6, 6.07) is 3.30. The highest BCUT2D eigenvalue weighted by Gasteiger charge is 2.10. The molecule has 18 heavy (non-hydrogen) atoms. The number of hydrogen-bond donors (Lipinski definition) is 0. The van der Waals surface area contributed by atoms with E-state index in [2.05, 4.69) is 13.8 Å². The number of halogens is 3. The fraction of sp³-hybridized carbons (Fsp3) is 0.571. The predicted molar refractivity (Wildman–Crippen MR) is 80.3 cm³/mol. The Labute approximate surface area is 124 Å². The van der Waals surface area contributed by atoms with E-state index < -0.39 is 0 Å². The van der Waals surface area contributed by atoms with Crippen molar-refractivity contribution >= 4 is 34.8 Å². The Morgan fingerprint density at radius 1 is 1.06 bits per heavy atom. The standard InChI is InChI=1S/C14H19Cl3O/c1-3-5-6-10(4-2)9-18-14-8-12(16)11(15)7-13(14)17/h7-8,10H,3-6,9H2,1-2H3. The monoisotopic (exact) mass is 308 g/mol. The molecular formula is C14H19Cl3O. The van der Waals surface area contributed by atoms with Crippen LogP contribution in [0.5, 0.6) is 5.75 Å². The van der Waals surface area contributed by atoms with E-state index in [4.69, 9.17) is 39.5 Å². The van der Waals surface area contributed by atoms with Gasteiger partial charge in [0.15, 0.2) is 0 Å². The van der Waals surface area contributed by atoms with Gasteiger partial charge in [0.2, 0.25) is 0 Å². The number of benzene rings is 1. The van der Waals surface area contributed by atoms with Gasteiger partial charge in [-0.15, -0.1) is 0 Å². The zero-order valence-electron chi connectivity index (χ0n) is 10.8. The van der Waals surface area contributed by atoms with Gasteiger partial charge in [0.25, 0.3) is 0 Å². The summed E-state index contributed by atoms with van der Waals surface area (Å²) in [7, 11) is 0. The number of hydrogen-bond acceptors (Lipinski definition) is 1. The average molecular weight is 310 g/mol. The molecule has 0 saturated heterocycles. The van der Waals surface area contributed by atoms with E-state index in [1.165, 1.54) is 19.3 Å². The van der Waals surface area contributed by atoms with Crippen molar-refractivity contribution in [1.29, 1.82) is 0 Å². The third-order valence-electron chi connectivity index (χ3n) is 2.99. The summed E-state index contributed by atoms with van der Waals surface area (Å²) in [5.41, 5.74) is 0. The summed E-state index contributed by atoms with van der Waals surface area (Å²) in [6.45, 7) is 5.05. The molecule has 1 rings (SSSR count). The molecule has 0 spiro atoms. The smallest absolute Gasteiger partial charge is 0.139 e. The molecule has 1 aromatic rings. The maximum atomic E-state index is 6.06. The summed E-state index contributed by atoms with van der Waals surface area (Å²) in [5.74, 6) is 1.18. The van der Waals surface area contributed by atoms with Gasteiger partial charge in [0.05, 0.1) is 21.7 Å². The zero-order valence-corrected chi connectivity index (χ0v) is 13.1. The van der Waals surface area contributed by atoms with E-state index in [-0.39, 0.29) is 0 Å². The van der Waals surface area contributed by atoms with Crippen molar-refractivity contribution in [3.05, 3.63) is 27.2 Å². The first-order valence-corrected chi connectivity index (χ1v) is 7.49. The molecule has 0 bridgehead atoms. The van der Waals surface area contributed by atoms with Crippen molar-refractivity contribution in [2.75, 3.05) is 6.61 Å². The molecule has 1 aromatic carbocycles. The van der Waals surface area contributed by atoms with Crippen molar-refractivity contribution < 1.29 is 4.74 Å². The third kappa shape index (κ3) is 4.87. The molecule has 0 N–H and O–H groups in total. The van der Waals surface area contributed by atoms with Crippen LogP contribution in [-0.4, -0.2) is 6.61 Å². The SMILES string of the molecule is CCCCC(CC)COc1cc(Cl)c(Cl)cc1Cl. The van der Waals surface area contributed by atoms with Gasteiger partial charge in [0.1, 0.15) is 5.75 Å². The fourth-order valence-electron chi connectivity index (χ4n) is 1.72. The number of ether oxygens (including phenoxy) is 1. The lowest BCUT2D eigenvalue weighted by Gasteiger charge is -2.16. The molecule has 0 fully saturated rings. The first kappa shape index (κ1) is 15.9. The summed E-state index contributed by atoms with van der Waals surface area (Å²) in [5, 5.41) is 1.43. The first-order valence-electron chi connectivity index (χ1n) is 6.35. The van der Waals surface area contributed by atoms with E-state index in [9.17, 15) is 0 Å². The van der Waals surface area contributed by atoms with E-state index in [1.54, 1.807) is 12.1 Å². The van der Waals surface area contributed by atoms with Gasteiger partial charge in [-0.25, -0.2) is 0 Å². The predicted octanol–water partition coefficient (Wildman–Crippen LogP) is 6.24. The molecule has 1 atom stereocenters. The van der Waals surface area contributed by atoms with Crippen molar-refractivity contribution in [3.8, 4) is 5.75 Å².